The smallest absolute Gasteiger partial charge is 0.144 e. The summed E-state index contributed by atoms with van der Waals surface area (Å²) < 4.78 is 3.72. The molecule has 3 rings (SSSR count). The van der Waals surface area contributed by atoms with Crippen LogP contribution in [0.4, 0.5) is 0 Å². The normalized spacial score (nSPS) is 10.7. The van der Waals surface area contributed by atoms with Crippen LogP contribution in [0.5, 0.6) is 0 Å². The molecular formula is C13H11N5. The number of imidazole rings is 1. The maximum Gasteiger partial charge on any atom is 0.144 e. The molecule has 5 heteroatoms. The zero-order valence-electron chi connectivity index (χ0n) is 10.1. The van der Waals surface area contributed by atoms with Crippen molar-refractivity contribution in [2.45, 2.75) is 0 Å². The number of para-hydroxylation sites is 1. The van der Waals surface area contributed by atoms with E-state index >= 15 is 0 Å². The molecule has 0 radical (unpaired) electrons. The molecule has 0 fully saturated rings. The number of nitrogens with zero attached hydrogens (tertiary/aromatic N) is 5. The van der Waals surface area contributed by atoms with E-state index in [-0.39, 0.29) is 0 Å². The van der Waals surface area contributed by atoms with Crippen LogP contribution in [0.2, 0.25) is 0 Å². The van der Waals surface area contributed by atoms with E-state index in [4.69, 9.17) is 5.26 Å². The molecule has 0 saturated heterocycles. The predicted molar refractivity (Wildman–Crippen MR) is 67.6 cm³/mol. The summed E-state index contributed by atoms with van der Waals surface area (Å²) in [5.41, 5.74) is 3.23. The average Bonchev–Trinajstić information content (AvgIpc) is 2.94. The van der Waals surface area contributed by atoms with E-state index in [0.29, 0.717) is 5.56 Å². The fourth-order valence-corrected chi connectivity index (χ4v) is 2.10. The van der Waals surface area contributed by atoms with Gasteiger partial charge in [0, 0.05) is 20.3 Å². The van der Waals surface area contributed by atoms with E-state index in [0.717, 1.165) is 22.4 Å². The topological polar surface area (TPSA) is 59.4 Å². The lowest BCUT2D eigenvalue weighted by Crippen LogP contribution is -1.91. The van der Waals surface area contributed by atoms with Gasteiger partial charge in [-0.2, -0.15) is 10.4 Å². The van der Waals surface area contributed by atoms with Gasteiger partial charge in [-0.3, -0.25) is 4.68 Å². The van der Waals surface area contributed by atoms with Crippen LogP contribution in [-0.2, 0) is 14.1 Å². The van der Waals surface area contributed by atoms with Gasteiger partial charge in [0.2, 0.25) is 0 Å². The summed E-state index contributed by atoms with van der Waals surface area (Å²) in [5.74, 6) is 0.820. The molecule has 0 saturated carbocycles. The Kier molecular flexibility index (Phi) is 2.17. The second kappa shape index (κ2) is 3.70. The van der Waals surface area contributed by atoms with Gasteiger partial charge >= 0.3 is 0 Å². The molecule has 0 aliphatic heterocycles. The summed E-state index contributed by atoms with van der Waals surface area (Å²) in [6.07, 6.45) is 3.68. The molecule has 0 N–H and O–H groups in total. The van der Waals surface area contributed by atoms with Crippen molar-refractivity contribution < 1.29 is 0 Å². The summed E-state index contributed by atoms with van der Waals surface area (Å²) in [7, 11) is 3.81. The van der Waals surface area contributed by atoms with Crippen LogP contribution < -0.4 is 0 Å². The minimum atomic E-state index is 0.596. The van der Waals surface area contributed by atoms with Gasteiger partial charge in [0.25, 0.3) is 0 Å². The zero-order valence-corrected chi connectivity index (χ0v) is 10.1. The second-order valence-corrected chi connectivity index (χ2v) is 4.18. The first-order chi connectivity index (χ1) is 8.70. The van der Waals surface area contributed by atoms with E-state index in [1.165, 1.54) is 0 Å². The van der Waals surface area contributed by atoms with Crippen molar-refractivity contribution in [2.24, 2.45) is 14.1 Å². The van der Waals surface area contributed by atoms with Crippen LogP contribution in [0.25, 0.3) is 22.4 Å². The maximum atomic E-state index is 9.09. The number of benzene rings is 1. The monoisotopic (exact) mass is 237 g/mol. The minimum Gasteiger partial charge on any atom is -0.327 e. The molecule has 0 amide bonds. The Hall–Kier alpha value is -2.61. The molecule has 0 spiro atoms. The predicted octanol–water partition coefficient (Wildman–Crippen LogP) is 1.85. The lowest BCUT2D eigenvalue weighted by Gasteiger charge is -1.98. The highest BCUT2D eigenvalue weighted by molar-refractivity contribution is 5.85. The molecular weight excluding hydrogens is 226 g/mol. The van der Waals surface area contributed by atoms with Gasteiger partial charge in [0.05, 0.1) is 22.8 Å². The van der Waals surface area contributed by atoms with Crippen LogP contribution in [-0.4, -0.2) is 19.3 Å². The molecule has 0 unspecified atom stereocenters. The van der Waals surface area contributed by atoms with Gasteiger partial charge in [-0.25, -0.2) is 4.98 Å². The number of rotatable bonds is 1. The van der Waals surface area contributed by atoms with Crippen LogP contribution in [0.3, 0.4) is 0 Å². The summed E-state index contributed by atoms with van der Waals surface area (Å²) in [5, 5.41) is 13.2. The SMILES string of the molecule is Cn1cc(-c2nc3c(C#N)cccc3n2C)cn1. The van der Waals surface area contributed by atoms with Crippen molar-refractivity contribution >= 4 is 11.0 Å². The van der Waals surface area contributed by atoms with Gasteiger partial charge < -0.3 is 4.57 Å². The quantitative estimate of drug-likeness (QED) is 0.649. The third-order valence-corrected chi connectivity index (χ3v) is 3.00. The molecule has 0 atom stereocenters. The lowest BCUT2D eigenvalue weighted by molar-refractivity contribution is 0.768. The minimum absolute atomic E-state index is 0.596. The number of hydrogen-bond acceptors (Lipinski definition) is 3. The third kappa shape index (κ3) is 1.39. The highest BCUT2D eigenvalue weighted by Gasteiger charge is 2.13. The van der Waals surface area contributed by atoms with E-state index in [1.54, 1.807) is 16.9 Å². The molecule has 1 aromatic carbocycles. The number of hydrogen-bond donors (Lipinski definition) is 0. The van der Waals surface area contributed by atoms with Crippen LogP contribution >= 0.6 is 0 Å². The Labute approximate surface area is 104 Å². The Morgan fingerprint density at radius 1 is 1.28 bits per heavy atom. The van der Waals surface area contributed by atoms with Crippen LogP contribution in [0.1, 0.15) is 5.56 Å². The number of aromatic nitrogens is 4. The highest BCUT2D eigenvalue weighted by Crippen LogP contribution is 2.24. The van der Waals surface area contributed by atoms with Crippen molar-refractivity contribution in [1.82, 2.24) is 19.3 Å². The first kappa shape index (κ1) is 10.5. The summed E-state index contributed by atoms with van der Waals surface area (Å²) in [6.45, 7) is 0. The molecule has 0 bridgehead atoms. The number of aryl methyl sites for hydroxylation is 2. The third-order valence-electron chi connectivity index (χ3n) is 3.00. The Morgan fingerprint density at radius 3 is 2.78 bits per heavy atom. The van der Waals surface area contributed by atoms with Gasteiger partial charge in [0.15, 0.2) is 0 Å². The average molecular weight is 237 g/mol. The van der Waals surface area contributed by atoms with E-state index in [9.17, 15) is 0 Å². The van der Waals surface area contributed by atoms with Crippen LogP contribution in [0.15, 0.2) is 30.6 Å². The van der Waals surface area contributed by atoms with Crippen molar-refractivity contribution in [1.29, 1.82) is 5.26 Å². The molecule has 5 nitrogen and oxygen atoms in total. The van der Waals surface area contributed by atoms with Gasteiger partial charge in [-0.05, 0) is 12.1 Å². The van der Waals surface area contributed by atoms with Gasteiger partial charge in [-0.1, -0.05) is 6.07 Å². The van der Waals surface area contributed by atoms with Crippen molar-refractivity contribution in [2.75, 3.05) is 0 Å². The molecule has 3 aromatic rings. The highest BCUT2D eigenvalue weighted by atomic mass is 15.2. The Bertz CT molecular complexity index is 772. The maximum absolute atomic E-state index is 9.09. The van der Waals surface area contributed by atoms with Crippen molar-refractivity contribution in [3.63, 3.8) is 0 Å². The lowest BCUT2D eigenvalue weighted by atomic mass is 10.2. The first-order valence-electron chi connectivity index (χ1n) is 5.55. The standard InChI is InChI=1S/C13H11N5/c1-17-8-10(7-15-17)13-16-12-9(6-14)4-3-5-11(12)18(13)2/h3-5,7-8H,1-2H3. The van der Waals surface area contributed by atoms with Crippen molar-refractivity contribution in [3.05, 3.63) is 36.2 Å². The molecule has 2 aromatic heterocycles. The molecule has 88 valence electrons. The Balaban J connectivity index is 2.33. The fraction of sp³-hybridized carbons (Fsp3) is 0.154. The Morgan fingerprint density at radius 2 is 2.11 bits per heavy atom. The summed E-state index contributed by atoms with van der Waals surface area (Å²) in [6, 6.07) is 7.78. The van der Waals surface area contributed by atoms with E-state index < -0.39 is 0 Å². The van der Waals surface area contributed by atoms with Crippen LogP contribution in [0, 0.1) is 11.3 Å². The summed E-state index contributed by atoms with van der Waals surface area (Å²) >= 11 is 0. The molecule has 2 heterocycles. The zero-order chi connectivity index (χ0) is 12.7. The van der Waals surface area contributed by atoms with E-state index in [2.05, 4.69) is 16.2 Å². The van der Waals surface area contributed by atoms with Crippen molar-refractivity contribution in [3.8, 4) is 17.5 Å². The largest absolute Gasteiger partial charge is 0.327 e. The fourth-order valence-electron chi connectivity index (χ4n) is 2.10. The number of fused-ring (bicyclic) bond motifs is 1. The molecule has 0 aliphatic rings. The molecule has 18 heavy (non-hydrogen) atoms. The first-order valence-corrected chi connectivity index (χ1v) is 5.55. The molecule has 0 aliphatic carbocycles. The van der Waals surface area contributed by atoms with Gasteiger partial charge in [0.1, 0.15) is 17.4 Å². The van der Waals surface area contributed by atoms with E-state index in [1.807, 2.05) is 37.0 Å². The second-order valence-electron chi connectivity index (χ2n) is 4.18. The van der Waals surface area contributed by atoms with Gasteiger partial charge in [-0.15, -0.1) is 0 Å². The summed E-state index contributed by atoms with van der Waals surface area (Å²) in [4.78, 5) is 4.55. The number of nitriles is 1.